The van der Waals surface area contributed by atoms with Crippen LogP contribution in [-0.2, 0) is 17.8 Å². The Bertz CT molecular complexity index is 1250. The van der Waals surface area contributed by atoms with Crippen LogP contribution in [-0.4, -0.2) is 22.0 Å². The van der Waals surface area contributed by atoms with Crippen molar-refractivity contribution in [3.05, 3.63) is 87.5 Å². The molecule has 0 aliphatic rings. The number of carbonyl (C=O) groups excluding carboxylic acids is 1. The van der Waals surface area contributed by atoms with Crippen LogP contribution in [0.4, 0.5) is 4.39 Å². The molecule has 152 valence electrons. The monoisotopic (exact) mass is 421 g/mol. The molecule has 2 aromatic heterocycles. The summed E-state index contributed by atoms with van der Waals surface area (Å²) in [6.07, 6.45) is 2.01. The lowest BCUT2D eigenvalue weighted by Gasteiger charge is -2.08. The summed E-state index contributed by atoms with van der Waals surface area (Å²) in [7, 11) is 0. The van der Waals surface area contributed by atoms with Crippen LogP contribution in [0.2, 0.25) is 0 Å². The topological polar surface area (TPSA) is 64.0 Å². The third-order valence-electron chi connectivity index (χ3n) is 4.88. The summed E-state index contributed by atoms with van der Waals surface area (Å²) in [5, 5.41) is 3.35. The summed E-state index contributed by atoms with van der Waals surface area (Å²) in [6, 6.07) is 15.9. The van der Waals surface area contributed by atoms with Crippen molar-refractivity contribution >= 4 is 27.5 Å². The highest BCUT2D eigenvalue weighted by molar-refractivity contribution is 7.19. The van der Waals surface area contributed by atoms with E-state index >= 15 is 0 Å². The molecule has 0 radical (unpaired) electrons. The van der Waals surface area contributed by atoms with E-state index in [1.165, 1.54) is 34.4 Å². The van der Waals surface area contributed by atoms with Crippen LogP contribution in [0.25, 0.3) is 21.3 Å². The Kier molecular flexibility index (Phi) is 5.72. The molecule has 0 saturated carbocycles. The van der Waals surface area contributed by atoms with Gasteiger partial charge in [0, 0.05) is 17.0 Å². The lowest BCUT2D eigenvalue weighted by molar-refractivity contribution is -0.121. The zero-order valence-electron chi connectivity index (χ0n) is 16.4. The molecule has 0 fully saturated rings. The first-order valence-electron chi connectivity index (χ1n) is 9.58. The maximum absolute atomic E-state index is 13.1. The van der Waals surface area contributed by atoms with Crippen molar-refractivity contribution in [2.24, 2.45) is 0 Å². The van der Waals surface area contributed by atoms with E-state index < -0.39 is 0 Å². The number of thiophene rings is 1. The Morgan fingerprint density at radius 3 is 2.60 bits per heavy atom. The quantitative estimate of drug-likeness (QED) is 0.513. The van der Waals surface area contributed by atoms with Gasteiger partial charge in [-0.3, -0.25) is 14.2 Å². The predicted octanol–water partition coefficient (Wildman–Crippen LogP) is 3.93. The molecule has 0 atom stereocenters. The fraction of sp³-hybridized carbons (Fsp3) is 0.174. The standard InChI is InChI=1S/C23H20FN3O2S/c1-15-20(17-5-3-2-4-6-17)21-22(30-15)26-14-27(23(21)29)13-19(28)25-12-11-16-7-9-18(24)10-8-16/h2-10,14H,11-13H2,1H3,(H,25,28). The molecule has 2 aromatic carbocycles. The summed E-state index contributed by atoms with van der Waals surface area (Å²) in [6.45, 7) is 2.27. The number of fused-ring (bicyclic) bond motifs is 1. The molecular weight excluding hydrogens is 401 g/mol. The van der Waals surface area contributed by atoms with Crippen LogP contribution >= 0.6 is 11.3 Å². The molecule has 0 bridgehead atoms. The van der Waals surface area contributed by atoms with E-state index in [-0.39, 0.29) is 23.8 Å². The van der Waals surface area contributed by atoms with Gasteiger partial charge in [-0.05, 0) is 36.6 Å². The average Bonchev–Trinajstić information content (AvgIpc) is 3.09. The second-order valence-corrected chi connectivity index (χ2v) is 8.19. The summed E-state index contributed by atoms with van der Waals surface area (Å²) < 4.78 is 14.3. The van der Waals surface area contributed by atoms with Gasteiger partial charge in [0.05, 0.1) is 11.7 Å². The van der Waals surface area contributed by atoms with Gasteiger partial charge in [0.1, 0.15) is 17.2 Å². The number of aryl methyl sites for hydroxylation is 1. The van der Waals surface area contributed by atoms with E-state index in [1.807, 2.05) is 37.3 Å². The molecule has 7 heteroatoms. The Morgan fingerprint density at radius 1 is 1.13 bits per heavy atom. The highest BCUT2D eigenvalue weighted by Gasteiger charge is 2.17. The first kappa shape index (κ1) is 20.0. The second-order valence-electron chi connectivity index (χ2n) is 6.98. The normalized spacial score (nSPS) is 11.0. The fourth-order valence-corrected chi connectivity index (χ4v) is 4.41. The van der Waals surface area contributed by atoms with Crippen molar-refractivity contribution < 1.29 is 9.18 Å². The smallest absolute Gasteiger partial charge is 0.263 e. The molecule has 0 spiro atoms. The largest absolute Gasteiger partial charge is 0.354 e. The molecular formula is C23H20FN3O2S. The third kappa shape index (κ3) is 4.16. The van der Waals surface area contributed by atoms with Gasteiger partial charge in [0.25, 0.3) is 5.56 Å². The van der Waals surface area contributed by atoms with Crippen molar-refractivity contribution in [2.75, 3.05) is 6.54 Å². The molecule has 0 saturated heterocycles. The lowest BCUT2D eigenvalue weighted by Crippen LogP contribution is -2.33. The zero-order valence-corrected chi connectivity index (χ0v) is 17.2. The van der Waals surface area contributed by atoms with Gasteiger partial charge in [-0.1, -0.05) is 42.5 Å². The van der Waals surface area contributed by atoms with Crippen LogP contribution < -0.4 is 10.9 Å². The lowest BCUT2D eigenvalue weighted by atomic mass is 10.0. The van der Waals surface area contributed by atoms with E-state index in [4.69, 9.17) is 0 Å². The van der Waals surface area contributed by atoms with Crippen molar-refractivity contribution in [3.8, 4) is 11.1 Å². The number of nitrogens with zero attached hydrogens (tertiary/aromatic N) is 2. The number of rotatable bonds is 6. The van der Waals surface area contributed by atoms with Crippen molar-refractivity contribution in [1.29, 1.82) is 0 Å². The van der Waals surface area contributed by atoms with Crippen LogP contribution in [0, 0.1) is 12.7 Å². The number of carbonyl (C=O) groups is 1. The van der Waals surface area contributed by atoms with Gasteiger partial charge >= 0.3 is 0 Å². The number of hydrogen-bond acceptors (Lipinski definition) is 4. The minimum absolute atomic E-state index is 0.103. The average molecular weight is 421 g/mol. The molecule has 5 nitrogen and oxygen atoms in total. The Labute approximate surface area is 176 Å². The van der Waals surface area contributed by atoms with E-state index in [2.05, 4.69) is 10.3 Å². The van der Waals surface area contributed by atoms with Gasteiger partial charge in [-0.2, -0.15) is 0 Å². The van der Waals surface area contributed by atoms with Crippen molar-refractivity contribution in [1.82, 2.24) is 14.9 Å². The number of amides is 1. The van der Waals surface area contributed by atoms with Crippen LogP contribution in [0.5, 0.6) is 0 Å². The second kappa shape index (κ2) is 8.59. The predicted molar refractivity (Wildman–Crippen MR) is 117 cm³/mol. The first-order chi connectivity index (χ1) is 14.5. The summed E-state index contributed by atoms with van der Waals surface area (Å²) in [4.78, 5) is 31.6. The Hall–Kier alpha value is -3.32. The van der Waals surface area contributed by atoms with E-state index in [9.17, 15) is 14.0 Å². The molecule has 0 aliphatic heterocycles. The van der Waals surface area contributed by atoms with Crippen LogP contribution in [0.3, 0.4) is 0 Å². The third-order valence-corrected chi connectivity index (χ3v) is 5.89. The zero-order chi connectivity index (χ0) is 21.1. The molecule has 4 aromatic rings. The number of nitrogens with one attached hydrogen (secondary N) is 1. The Morgan fingerprint density at radius 2 is 1.87 bits per heavy atom. The van der Waals surface area contributed by atoms with Gasteiger partial charge in [-0.25, -0.2) is 9.37 Å². The highest BCUT2D eigenvalue weighted by Crippen LogP contribution is 2.35. The summed E-state index contributed by atoms with van der Waals surface area (Å²) in [5.74, 6) is -0.558. The molecule has 4 rings (SSSR count). The van der Waals surface area contributed by atoms with Crippen molar-refractivity contribution in [2.45, 2.75) is 19.9 Å². The number of hydrogen-bond donors (Lipinski definition) is 1. The molecule has 1 N–H and O–H groups in total. The van der Waals surface area contributed by atoms with Crippen LogP contribution in [0.15, 0.2) is 65.7 Å². The molecule has 1 amide bonds. The SMILES string of the molecule is Cc1sc2ncn(CC(=O)NCCc3ccc(F)cc3)c(=O)c2c1-c1ccccc1. The minimum Gasteiger partial charge on any atom is -0.354 e. The molecule has 0 unspecified atom stereocenters. The summed E-state index contributed by atoms with van der Waals surface area (Å²) in [5.41, 5.74) is 2.54. The molecule has 0 aliphatic carbocycles. The van der Waals surface area contributed by atoms with Gasteiger partial charge < -0.3 is 5.32 Å². The number of benzene rings is 2. The van der Waals surface area contributed by atoms with Gasteiger partial charge in [0.15, 0.2) is 0 Å². The van der Waals surface area contributed by atoms with Crippen LogP contribution in [0.1, 0.15) is 10.4 Å². The maximum Gasteiger partial charge on any atom is 0.263 e. The Balaban J connectivity index is 1.52. The van der Waals surface area contributed by atoms with E-state index in [0.717, 1.165) is 21.6 Å². The minimum atomic E-state index is -0.288. The van der Waals surface area contributed by atoms with Gasteiger partial charge in [-0.15, -0.1) is 11.3 Å². The molecule has 2 heterocycles. The number of aromatic nitrogens is 2. The summed E-state index contributed by atoms with van der Waals surface area (Å²) >= 11 is 1.48. The maximum atomic E-state index is 13.1. The fourth-order valence-electron chi connectivity index (χ4n) is 3.41. The van der Waals surface area contributed by atoms with Gasteiger partial charge in [0.2, 0.25) is 5.91 Å². The van der Waals surface area contributed by atoms with E-state index in [0.29, 0.717) is 23.2 Å². The first-order valence-corrected chi connectivity index (χ1v) is 10.4. The number of halogens is 1. The highest BCUT2D eigenvalue weighted by atomic mass is 32.1. The van der Waals surface area contributed by atoms with E-state index in [1.54, 1.807) is 12.1 Å². The molecule has 30 heavy (non-hydrogen) atoms. The van der Waals surface area contributed by atoms with Crippen molar-refractivity contribution in [3.63, 3.8) is 0 Å².